The third kappa shape index (κ3) is 4.03. The van der Waals surface area contributed by atoms with E-state index < -0.39 is 0 Å². The van der Waals surface area contributed by atoms with Crippen LogP contribution in [0.3, 0.4) is 0 Å². The summed E-state index contributed by atoms with van der Waals surface area (Å²) in [5.74, 6) is 3.15. The van der Waals surface area contributed by atoms with Crippen LogP contribution in [0.5, 0.6) is 5.75 Å². The number of morpholine rings is 1. The normalized spacial score (nSPS) is 23.3. The van der Waals surface area contributed by atoms with Gasteiger partial charge in [0.1, 0.15) is 11.6 Å². The molecule has 1 aromatic carbocycles. The Bertz CT molecular complexity index is 1230. The Kier molecular flexibility index (Phi) is 5.66. The minimum atomic E-state index is 0.191. The van der Waals surface area contributed by atoms with Gasteiger partial charge in [-0.25, -0.2) is 4.98 Å². The highest BCUT2D eigenvalue weighted by molar-refractivity contribution is 5.85. The molecule has 34 heavy (non-hydrogen) atoms. The van der Waals surface area contributed by atoms with Crippen molar-refractivity contribution in [3.63, 3.8) is 0 Å². The number of ether oxygens (including phenoxy) is 2. The zero-order chi connectivity index (χ0) is 22.9. The summed E-state index contributed by atoms with van der Waals surface area (Å²) in [5.41, 5.74) is 2.21. The summed E-state index contributed by atoms with van der Waals surface area (Å²) in [6, 6.07) is 15.1. The molecular formula is C26H30N6O2. The average molecular weight is 459 g/mol. The highest BCUT2D eigenvalue weighted by Crippen LogP contribution is 2.37. The van der Waals surface area contributed by atoms with Gasteiger partial charge in [-0.3, -0.25) is 5.10 Å². The largest absolute Gasteiger partial charge is 0.489 e. The molecule has 1 N–H and O–H groups in total. The Labute approximate surface area is 198 Å². The van der Waals surface area contributed by atoms with Crippen LogP contribution in [0.4, 0.5) is 5.82 Å². The summed E-state index contributed by atoms with van der Waals surface area (Å²) in [6.45, 7) is 4.37. The van der Waals surface area contributed by atoms with Gasteiger partial charge < -0.3 is 14.4 Å². The highest BCUT2D eigenvalue weighted by atomic mass is 16.5. The Morgan fingerprint density at radius 3 is 2.71 bits per heavy atom. The molecule has 0 unspecified atom stereocenters. The average Bonchev–Trinajstić information content (AvgIpc) is 3.55. The number of hydrogen-bond acceptors (Lipinski definition) is 6. The van der Waals surface area contributed by atoms with E-state index in [2.05, 4.69) is 63.5 Å². The Morgan fingerprint density at radius 2 is 1.94 bits per heavy atom. The molecule has 4 aromatic rings. The third-order valence-electron chi connectivity index (χ3n) is 7.10. The predicted molar refractivity (Wildman–Crippen MR) is 131 cm³/mol. The lowest BCUT2D eigenvalue weighted by Gasteiger charge is -2.35. The number of pyridine rings is 1. The van der Waals surface area contributed by atoms with E-state index in [0.29, 0.717) is 19.1 Å². The number of rotatable bonds is 5. The zero-order valence-electron chi connectivity index (χ0n) is 19.4. The van der Waals surface area contributed by atoms with Crippen molar-refractivity contribution in [2.75, 3.05) is 24.7 Å². The van der Waals surface area contributed by atoms with Crippen LogP contribution in [0.1, 0.15) is 44.1 Å². The van der Waals surface area contributed by atoms with Crippen LogP contribution in [-0.2, 0) is 4.74 Å². The molecule has 4 heterocycles. The minimum Gasteiger partial charge on any atom is -0.489 e. The fraction of sp³-hybridized carbons (Fsp3) is 0.423. The summed E-state index contributed by atoms with van der Waals surface area (Å²) < 4.78 is 14.1. The van der Waals surface area contributed by atoms with Crippen LogP contribution in [0, 0.1) is 0 Å². The van der Waals surface area contributed by atoms with E-state index in [9.17, 15) is 0 Å². The fourth-order valence-corrected chi connectivity index (χ4v) is 5.23. The van der Waals surface area contributed by atoms with Gasteiger partial charge in [-0.1, -0.05) is 30.3 Å². The van der Waals surface area contributed by atoms with Gasteiger partial charge in [-0.15, -0.1) is 0 Å². The molecule has 8 nitrogen and oxygen atoms in total. The number of aromatic amines is 1. The van der Waals surface area contributed by atoms with Crippen LogP contribution in [0.2, 0.25) is 0 Å². The number of nitrogens with zero attached hydrogens (tertiary/aromatic N) is 5. The van der Waals surface area contributed by atoms with E-state index in [1.807, 2.05) is 12.3 Å². The van der Waals surface area contributed by atoms with E-state index in [1.54, 1.807) is 10.9 Å². The molecule has 2 fully saturated rings. The molecular weight excluding hydrogens is 428 g/mol. The van der Waals surface area contributed by atoms with Gasteiger partial charge in [0.2, 0.25) is 0 Å². The summed E-state index contributed by atoms with van der Waals surface area (Å²) in [7, 11) is 0. The topological polar surface area (TPSA) is 81.1 Å². The molecule has 1 aliphatic carbocycles. The van der Waals surface area contributed by atoms with E-state index in [4.69, 9.17) is 14.5 Å². The Hall–Kier alpha value is -3.39. The molecule has 0 radical (unpaired) electrons. The first kappa shape index (κ1) is 21.2. The van der Waals surface area contributed by atoms with Crippen molar-refractivity contribution < 1.29 is 9.47 Å². The number of hydrogen-bond donors (Lipinski definition) is 1. The number of nitrogens with one attached hydrogen (secondary N) is 1. The van der Waals surface area contributed by atoms with Crippen LogP contribution >= 0.6 is 0 Å². The Morgan fingerprint density at radius 1 is 1.09 bits per heavy atom. The van der Waals surface area contributed by atoms with Crippen LogP contribution in [-0.4, -0.2) is 56.9 Å². The van der Waals surface area contributed by atoms with Crippen molar-refractivity contribution in [2.45, 2.75) is 50.7 Å². The van der Waals surface area contributed by atoms with Crippen molar-refractivity contribution in [1.82, 2.24) is 25.0 Å². The van der Waals surface area contributed by atoms with Crippen LogP contribution < -0.4 is 9.64 Å². The van der Waals surface area contributed by atoms with Crippen LogP contribution in [0.25, 0.3) is 16.9 Å². The second-order valence-corrected chi connectivity index (χ2v) is 9.33. The summed E-state index contributed by atoms with van der Waals surface area (Å²) in [6.07, 6.45) is 8.13. The van der Waals surface area contributed by atoms with E-state index in [0.717, 1.165) is 60.6 Å². The zero-order valence-corrected chi connectivity index (χ0v) is 19.4. The maximum absolute atomic E-state index is 6.67. The lowest BCUT2D eigenvalue weighted by molar-refractivity contribution is 0.0984. The first-order chi connectivity index (χ1) is 16.8. The van der Waals surface area contributed by atoms with Crippen molar-refractivity contribution in [3.8, 4) is 11.6 Å². The molecule has 3 aromatic heterocycles. The minimum absolute atomic E-state index is 0.191. The van der Waals surface area contributed by atoms with E-state index in [-0.39, 0.29) is 12.1 Å². The van der Waals surface area contributed by atoms with E-state index >= 15 is 0 Å². The van der Waals surface area contributed by atoms with Gasteiger partial charge in [0.25, 0.3) is 0 Å². The van der Waals surface area contributed by atoms with Crippen molar-refractivity contribution in [3.05, 3.63) is 60.4 Å². The number of fused-ring (bicyclic) bond motifs is 1. The van der Waals surface area contributed by atoms with Gasteiger partial charge in [0, 0.05) is 18.7 Å². The molecule has 0 bridgehead atoms. The van der Waals surface area contributed by atoms with Gasteiger partial charge in [0.15, 0.2) is 11.5 Å². The van der Waals surface area contributed by atoms with Crippen LogP contribution in [0.15, 0.2) is 54.9 Å². The SMILES string of the molecule is C[C@@H]1COCCN1c1cc(OC2CCC(c3ccccc3)CC2)c2cnn(-c3ccn[nH]3)c2n1. The molecule has 2 aliphatic rings. The highest BCUT2D eigenvalue weighted by Gasteiger charge is 2.27. The second kappa shape index (κ2) is 9.10. The van der Waals surface area contributed by atoms with Crippen molar-refractivity contribution in [1.29, 1.82) is 0 Å². The molecule has 1 aliphatic heterocycles. The molecule has 6 rings (SSSR count). The molecule has 1 saturated heterocycles. The van der Waals surface area contributed by atoms with Crippen molar-refractivity contribution in [2.24, 2.45) is 0 Å². The first-order valence-corrected chi connectivity index (χ1v) is 12.2. The molecule has 176 valence electrons. The van der Waals surface area contributed by atoms with Crippen molar-refractivity contribution >= 4 is 16.9 Å². The lowest BCUT2D eigenvalue weighted by Crippen LogP contribution is -2.44. The maximum atomic E-state index is 6.67. The summed E-state index contributed by atoms with van der Waals surface area (Å²) >= 11 is 0. The fourth-order valence-electron chi connectivity index (χ4n) is 5.23. The van der Waals surface area contributed by atoms with Gasteiger partial charge in [-0.05, 0) is 44.1 Å². The lowest BCUT2D eigenvalue weighted by atomic mass is 9.83. The van der Waals surface area contributed by atoms with Gasteiger partial charge in [-0.2, -0.15) is 14.9 Å². The quantitative estimate of drug-likeness (QED) is 0.475. The van der Waals surface area contributed by atoms with E-state index in [1.165, 1.54) is 5.56 Å². The summed E-state index contributed by atoms with van der Waals surface area (Å²) in [4.78, 5) is 7.31. The number of aromatic nitrogens is 5. The molecule has 0 amide bonds. The summed E-state index contributed by atoms with van der Waals surface area (Å²) in [5, 5.41) is 12.6. The molecule has 1 saturated carbocycles. The maximum Gasteiger partial charge on any atom is 0.170 e. The number of benzene rings is 1. The predicted octanol–water partition coefficient (Wildman–Crippen LogP) is 4.47. The first-order valence-electron chi connectivity index (χ1n) is 12.2. The molecule has 8 heteroatoms. The van der Waals surface area contributed by atoms with Gasteiger partial charge >= 0.3 is 0 Å². The standard InChI is InChI=1S/C26H30N6O2/c1-18-17-33-14-13-31(18)25-15-23(22-16-28-32(26(22)29-25)24-11-12-27-30-24)34-21-9-7-20(8-10-21)19-5-3-2-4-6-19/h2-6,11-12,15-16,18,20-21H,7-10,13-14,17H2,1H3,(H,27,30)/t18-,20?,21?/m1/s1. The number of H-pyrrole nitrogens is 1. The Balaban J connectivity index is 1.30. The molecule has 1 atom stereocenters. The third-order valence-corrected chi connectivity index (χ3v) is 7.10. The smallest absolute Gasteiger partial charge is 0.170 e. The second-order valence-electron chi connectivity index (χ2n) is 9.33. The van der Waals surface area contributed by atoms with Gasteiger partial charge in [0.05, 0.1) is 43.1 Å². The molecule has 0 spiro atoms. The number of anilines is 1. The monoisotopic (exact) mass is 458 g/mol.